The van der Waals surface area contributed by atoms with Crippen molar-refractivity contribution >= 4 is 0 Å². The van der Waals surface area contributed by atoms with E-state index >= 15 is 0 Å². The highest BCUT2D eigenvalue weighted by Crippen LogP contribution is 2.07. The highest BCUT2D eigenvalue weighted by molar-refractivity contribution is 5.03. The second-order valence-electron chi connectivity index (χ2n) is 5.44. The Morgan fingerprint density at radius 2 is 1.84 bits per heavy atom. The lowest BCUT2D eigenvalue weighted by Crippen LogP contribution is -2.23. The molecule has 0 aromatic heterocycles. The zero-order chi connectivity index (χ0) is 14.5. The Hall–Kier alpha value is -1.08. The smallest absolute Gasteiger partial charge is 0.0162 e. The Kier molecular flexibility index (Phi) is 11.3. The molecule has 0 aliphatic heterocycles. The minimum atomic E-state index is 0.667. The van der Waals surface area contributed by atoms with Crippen LogP contribution in [-0.2, 0) is 0 Å². The molecule has 1 N–H and O–H groups in total. The molecule has 1 atom stereocenters. The van der Waals surface area contributed by atoms with Crippen molar-refractivity contribution in [2.45, 2.75) is 46.5 Å². The summed E-state index contributed by atoms with van der Waals surface area (Å²) in [7, 11) is 0. The maximum Gasteiger partial charge on any atom is 0.0162 e. The maximum absolute atomic E-state index is 4.09. The molecule has 108 valence electrons. The van der Waals surface area contributed by atoms with Gasteiger partial charge in [0.05, 0.1) is 0 Å². The van der Waals surface area contributed by atoms with Crippen LogP contribution in [0.2, 0.25) is 0 Å². The van der Waals surface area contributed by atoms with Gasteiger partial charge in [-0.25, -0.2) is 0 Å². The summed E-state index contributed by atoms with van der Waals surface area (Å²) in [6, 6.07) is 0. The number of hydrogen-bond acceptors (Lipinski definition) is 1. The number of allylic oxidation sites excluding steroid dienone is 5. The van der Waals surface area contributed by atoms with E-state index in [1.165, 1.54) is 11.1 Å². The van der Waals surface area contributed by atoms with Crippen LogP contribution >= 0.6 is 0 Å². The van der Waals surface area contributed by atoms with E-state index in [0.29, 0.717) is 5.92 Å². The minimum Gasteiger partial charge on any atom is -0.313 e. The van der Waals surface area contributed by atoms with Crippen LogP contribution in [-0.4, -0.2) is 13.1 Å². The summed E-state index contributed by atoms with van der Waals surface area (Å²) in [5.41, 5.74) is 2.51. The fourth-order valence-electron chi connectivity index (χ4n) is 1.66. The highest BCUT2D eigenvalue weighted by atomic mass is 14.9. The van der Waals surface area contributed by atoms with Crippen LogP contribution in [0.4, 0.5) is 0 Å². The van der Waals surface area contributed by atoms with Crippen molar-refractivity contribution in [3.63, 3.8) is 0 Å². The Balaban J connectivity index is 3.59. The van der Waals surface area contributed by atoms with E-state index in [-0.39, 0.29) is 0 Å². The molecule has 0 aromatic rings. The summed E-state index contributed by atoms with van der Waals surface area (Å²) >= 11 is 0. The van der Waals surface area contributed by atoms with Crippen LogP contribution in [0.3, 0.4) is 0 Å². The third-order valence-electron chi connectivity index (χ3n) is 2.93. The van der Waals surface area contributed by atoms with E-state index < -0.39 is 0 Å². The van der Waals surface area contributed by atoms with Gasteiger partial charge in [-0.1, -0.05) is 55.9 Å². The second kappa shape index (κ2) is 12.0. The van der Waals surface area contributed by atoms with Crippen LogP contribution in [0.15, 0.2) is 48.6 Å². The molecular formula is C18H31N. The molecule has 1 unspecified atom stereocenters. The quantitative estimate of drug-likeness (QED) is 0.406. The highest BCUT2D eigenvalue weighted by Gasteiger charge is 2.00. The Morgan fingerprint density at radius 3 is 2.47 bits per heavy atom. The molecule has 19 heavy (non-hydrogen) atoms. The average molecular weight is 261 g/mol. The zero-order valence-electron chi connectivity index (χ0n) is 13.0. The number of nitrogens with one attached hydrogen (secondary N) is 1. The van der Waals surface area contributed by atoms with Crippen molar-refractivity contribution in [3.8, 4) is 0 Å². The van der Waals surface area contributed by atoms with E-state index in [4.69, 9.17) is 0 Å². The Labute approximate surface area is 120 Å². The van der Waals surface area contributed by atoms with Crippen LogP contribution in [0, 0.1) is 5.92 Å². The van der Waals surface area contributed by atoms with Gasteiger partial charge in [0.2, 0.25) is 0 Å². The van der Waals surface area contributed by atoms with Gasteiger partial charge in [0.15, 0.2) is 0 Å². The normalized spacial score (nSPS) is 13.2. The van der Waals surface area contributed by atoms with Crippen molar-refractivity contribution in [1.29, 1.82) is 0 Å². The van der Waals surface area contributed by atoms with Gasteiger partial charge in [-0.15, -0.1) is 6.58 Å². The molecule has 1 nitrogen and oxygen atoms in total. The van der Waals surface area contributed by atoms with Gasteiger partial charge < -0.3 is 5.32 Å². The maximum atomic E-state index is 4.09. The largest absolute Gasteiger partial charge is 0.313 e. The lowest BCUT2D eigenvalue weighted by Gasteiger charge is -2.12. The first-order chi connectivity index (χ1) is 9.06. The summed E-state index contributed by atoms with van der Waals surface area (Å²) in [6.45, 7) is 16.5. The Morgan fingerprint density at radius 1 is 1.16 bits per heavy atom. The van der Waals surface area contributed by atoms with Gasteiger partial charge in [0.1, 0.15) is 0 Å². The molecule has 0 saturated heterocycles. The topological polar surface area (TPSA) is 12.0 Å². The summed E-state index contributed by atoms with van der Waals surface area (Å²) in [5.74, 6) is 0.667. The third-order valence-corrected chi connectivity index (χ3v) is 2.93. The lowest BCUT2D eigenvalue weighted by molar-refractivity contribution is 0.531. The molecule has 0 spiro atoms. The molecule has 0 fully saturated rings. The SMILES string of the molecule is C=C(C)CCC(=C)CNCC(C)C/C=C\C=C\CC. The molecule has 0 aromatic carbocycles. The van der Waals surface area contributed by atoms with Crippen LogP contribution in [0.25, 0.3) is 0 Å². The monoisotopic (exact) mass is 261 g/mol. The molecule has 1 heteroatoms. The number of rotatable bonds is 11. The van der Waals surface area contributed by atoms with Crippen molar-refractivity contribution in [3.05, 3.63) is 48.6 Å². The van der Waals surface area contributed by atoms with E-state index in [1.807, 2.05) is 0 Å². The molecule has 0 bridgehead atoms. The molecule has 0 aliphatic carbocycles. The first-order valence-electron chi connectivity index (χ1n) is 7.39. The van der Waals surface area contributed by atoms with Crippen LogP contribution in [0.1, 0.15) is 46.5 Å². The standard InChI is InChI=1S/C18H31N/c1-6-7-8-9-10-11-17(4)14-19-15-18(5)13-12-16(2)3/h7-10,17,19H,2,5-6,11-15H2,1,3-4H3/b8-7+,10-9-. The van der Waals surface area contributed by atoms with E-state index in [9.17, 15) is 0 Å². The summed E-state index contributed by atoms with van der Waals surface area (Å²) in [6.07, 6.45) is 13.0. The summed E-state index contributed by atoms with van der Waals surface area (Å²) in [4.78, 5) is 0. The molecule has 0 radical (unpaired) electrons. The molecule has 0 aliphatic rings. The average Bonchev–Trinajstić information content (AvgIpc) is 2.36. The summed E-state index contributed by atoms with van der Waals surface area (Å²) in [5, 5.41) is 3.48. The van der Waals surface area contributed by atoms with Gasteiger partial charge in [-0.2, -0.15) is 0 Å². The van der Waals surface area contributed by atoms with Crippen LogP contribution < -0.4 is 5.32 Å². The van der Waals surface area contributed by atoms with Gasteiger partial charge >= 0.3 is 0 Å². The van der Waals surface area contributed by atoms with Crippen molar-refractivity contribution in [2.24, 2.45) is 5.92 Å². The van der Waals surface area contributed by atoms with E-state index in [2.05, 4.69) is 63.5 Å². The zero-order valence-corrected chi connectivity index (χ0v) is 13.0. The Bertz CT molecular complexity index is 310. The van der Waals surface area contributed by atoms with Gasteiger partial charge in [-0.3, -0.25) is 0 Å². The molecule has 0 saturated carbocycles. The second-order valence-corrected chi connectivity index (χ2v) is 5.44. The van der Waals surface area contributed by atoms with Crippen molar-refractivity contribution < 1.29 is 0 Å². The van der Waals surface area contributed by atoms with Crippen LogP contribution in [0.5, 0.6) is 0 Å². The van der Waals surface area contributed by atoms with Crippen molar-refractivity contribution in [1.82, 2.24) is 5.32 Å². The minimum absolute atomic E-state index is 0.667. The predicted molar refractivity (Wildman–Crippen MR) is 88.4 cm³/mol. The fraction of sp³-hybridized carbons (Fsp3) is 0.556. The first kappa shape index (κ1) is 17.9. The molecule has 0 rings (SSSR count). The lowest BCUT2D eigenvalue weighted by atomic mass is 10.1. The summed E-state index contributed by atoms with van der Waals surface area (Å²) < 4.78 is 0. The molecule has 0 heterocycles. The van der Waals surface area contributed by atoms with Crippen molar-refractivity contribution in [2.75, 3.05) is 13.1 Å². The third kappa shape index (κ3) is 13.2. The molecular weight excluding hydrogens is 230 g/mol. The molecule has 0 amide bonds. The van der Waals surface area contributed by atoms with Gasteiger partial charge in [0.25, 0.3) is 0 Å². The van der Waals surface area contributed by atoms with E-state index in [0.717, 1.165) is 38.8 Å². The van der Waals surface area contributed by atoms with E-state index in [1.54, 1.807) is 0 Å². The fourth-order valence-corrected chi connectivity index (χ4v) is 1.66. The number of hydrogen-bond donors (Lipinski definition) is 1. The van der Waals surface area contributed by atoms with Gasteiger partial charge in [0, 0.05) is 6.54 Å². The predicted octanol–water partition coefficient (Wildman–Crippen LogP) is 5.04. The van der Waals surface area contributed by atoms with Gasteiger partial charge in [-0.05, 0) is 45.1 Å². The first-order valence-corrected chi connectivity index (χ1v) is 7.39.